The molecule has 3 heteroatoms. The average molecular weight is 323 g/mol. The summed E-state index contributed by atoms with van der Waals surface area (Å²) in [6.45, 7) is 0. The Morgan fingerprint density at radius 1 is 0.480 bits per heavy atom. The van der Waals surface area contributed by atoms with Crippen LogP contribution in [-0.2, 0) is 0 Å². The molecule has 0 bridgehead atoms. The molecule has 0 saturated carbocycles. The van der Waals surface area contributed by atoms with Crippen LogP contribution in [0, 0.1) is 0 Å². The van der Waals surface area contributed by atoms with Crippen LogP contribution < -0.4 is 0 Å². The number of hydrogen-bond acceptors (Lipinski definition) is 2. The molecule has 3 aromatic heterocycles. The van der Waals surface area contributed by atoms with Crippen molar-refractivity contribution < 1.29 is 0 Å². The summed E-state index contributed by atoms with van der Waals surface area (Å²) in [6.07, 6.45) is 3.54. The summed E-state index contributed by atoms with van der Waals surface area (Å²) in [7, 11) is 0. The van der Waals surface area contributed by atoms with Crippen LogP contribution in [0.5, 0.6) is 0 Å². The first-order valence-electron chi connectivity index (χ1n) is 8.20. The van der Waals surface area contributed by atoms with Gasteiger partial charge in [0.25, 0.3) is 0 Å². The number of H-pyrrole nitrogens is 1. The molecule has 3 heterocycles. The molecule has 0 unspecified atom stereocenters. The Balaban J connectivity index is 0.000000126. The summed E-state index contributed by atoms with van der Waals surface area (Å²) >= 11 is 0. The summed E-state index contributed by atoms with van der Waals surface area (Å²) in [5, 5.41) is 2.61. The van der Waals surface area contributed by atoms with Gasteiger partial charge in [0, 0.05) is 34.2 Å². The van der Waals surface area contributed by atoms with Crippen molar-refractivity contribution in [1.29, 1.82) is 0 Å². The zero-order valence-corrected chi connectivity index (χ0v) is 13.6. The van der Waals surface area contributed by atoms with Crippen LogP contribution in [0.15, 0.2) is 97.3 Å². The van der Waals surface area contributed by atoms with Crippen molar-refractivity contribution in [3.63, 3.8) is 0 Å². The second-order valence-electron chi connectivity index (χ2n) is 5.65. The lowest BCUT2D eigenvalue weighted by Gasteiger charge is -1.96. The molecule has 2 aromatic carbocycles. The first kappa shape index (κ1) is 15.1. The monoisotopic (exact) mass is 323 g/mol. The van der Waals surface area contributed by atoms with E-state index in [1.165, 1.54) is 21.8 Å². The Kier molecular flexibility index (Phi) is 4.21. The van der Waals surface area contributed by atoms with Crippen LogP contribution in [0.3, 0.4) is 0 Å². The smallest absolute Gasteiger partial charge is 0.0886 e. The van der Waals surface area contributed by atoms with Gasteiger partial charge in [0.05, 0.1) is 11.4 Å². The van der Waals surface area contributed by atoms with Gasteiger partial charge in [-0.25, -0.2) is 0 Å². The highest BCUT2D eigenvalue weighted by atomic mass is 14.7. The molecule has 0 radical (unpaired) electrons. The summed E-state index contributed by atoms with van der Waals surface area (Å²) in [4.78, 5) is 11.8. The molecule has 0 aliphatic carbocycles. The summed E-state index contributed by atoms with van der Waals surface area (Å²) in [5.74, 6) is 0. The van der Waals surface area contributed by atoms with Crippen LogP contribution in [0.25, 0.3) is 33.2 Å². The van der Waals surface area contributed by atoms with E-state index >= 15 is 0 Å². The molecule has 0 fully saturated rings. The van der Waals surface area contributed by atoms with Gasteiger partial charge in [-0.15, -0.1) is 0 Å². The normalized spacial score (nSPS) is 10.4. The molecule has 0 amide bonds. The van der Waals surface area contributed by atoms with Crippen LogP contribution in [0.4, 0.5) is 0 Å². The number of nitrogens with one attached hydrogen (secondary N) is 1. The van der Waals surface area contributed by atoms with Crippen LogP contribution in [0.1, 0.15) is 0 Å². The Hall–Kier alpha value is -3.46. The number of hydrogen-bond donors (Lipinski definition) is 1. The number of nitrogens with zero attached hydrogens (tertiary/aromatic N) is 2. The van der Waals surface area contributed by atoms with Crippen molar-refractivity contribution in [3.8, 4) is 11.4 Å². The third-order valence-electron chi connectivity index (χ3n) is 4.01. The minimum Gasteiger partial charge on any atom is -0.355 e. The number of aromatic nitrogens is 3. The van der Waals surface area contributed by atoms with E-state index in [1.807, 2.05) is 36.4 Å². The van der Waals surface area contributed by atoms with Crippen molar-refractivity contribution in [2.24, 2.45) is 0 Å². The van der Waals surface area contributed by atoms with Crippen molar-refractivity contribution in [2.45, 2.75) is 0 Å². The summed E-state index contributed by atoms with van der Waals surface area (Å²) in [5.41, 5.74) is 4.25. The number of pyridine rings is 2. The highest BCUT2D eigenvalue weighted by molar-refractivity contribution is 6.06. The Labute approximate surface area is 146 Å². The van der Waals surface area contributed by atoms with E-state index in [2.05, 4.69) is 63.5 Å². The zero-order valence-electron chi connectivity index (χ0n) is 13.6. The number of fused-ring (bicyclic) bond motifs is 3. The quantitative estimate of drug-likeness (QED) is 0.445. The van der Waals surface area contributed by atoms with Gasteiger partial charge in [0.15, 0.2) is 0 Å². The van der Waals surface area contributed by atoms with Gasteiger partial charge in [0.1, 0.15) is 0 Å². The van der Waals surface area contributed by atoms with Gasteiger partial charge < -0.3 is 4.98 Å². The Morgan fingerprint density at radius 3 is 1.36 bits per heavy atom. The predicted molar refractivity (Wildman–Crippen MR) is 103 cm³/mol. The van der Waals surface area contributed by atoms with Crippen LogP contribution in [0.2, 0.25) is 0 Å². The maximum absolute atomic E-state index is 4.19. The van der Waals surface area contributed by atoms with E-state index in [1.54, 1.807) is 12.4 Å². The fourth-order valence-corrected chi connectivity index (χ4v) is 2.83. The fourth-order valence-electron chi connectivity index (χ4n) is 2.83. The van der Waals surface area contributed by atoms with Crippen molar-refractivity contribution in [2.75, 3.05) is 0 Å². The topological polar surface area (TPSA) is 41.6 Å². The molecule has 0 saturated heterocycles. The van der Waals surface area contributed by atoms with Crippen molar-refractivity contribution >= 4 is 21.8 Å². The van der Waals surface area contributed by atoms with Gasteiger partial charge in [-0.3, -0.25) is 9.97 Å². The van der Waals surface area contributed by atoms with Gasteiger partial charge in [-0.05, 0) is 36.4 Å². The molecule has 0 atom stereocenters. The average Bonchev–Trinajstić information content (AvgIpc) is 3.09. The maximum atomic E-state index is 4.19. The third kappa shape index (κ3) is 3.26. The number of aromatic amines is 1. The maximum Gasteiger partial charge on any atom is 0.0886 e. The molecule has 5 aromatic rings. The molecule has 5 rings (SSSR count). The van der Waals surface area contributed by atoms with Crippen molar-refractivity contribution in [1.82, 2.24) is 15.0 Å². The molecule has 0 aliphatic heterocycles. The first-order chi connectivity index (χ1) is 12.4. The molecular weight excluding hydrogens is 306 g/mol. The SMILES string of the molecule is c1ccc(-c2ccccn2)nc1.c1ccc2c(c1)[nH]c1ccccc12. The summed E-state index contributed by atoms with van der Waals surface area (Å²) < 4.78 is 0. The molecule has 3 nitrogen and oxygen atoms in total. The van der Waals surface area contributed by atoms with Gasteiger partial charge >= 0.3 is 0 Å². The first-order valence-corrected chi connectivity index (χ1v) is 8.20. The van der Waals surface area contributed by atoms with E-state index in [4.69, 9.17) is 0 Å². The van der Waals surface area contributed by atoms with E-state index < -0.39 is 0 Å². The molecule has 0 spiro atoms. The molecule has 0 aliphatic rings. The largest absolute Gasteiger partial charge is 0.355 e. The van der Waals surface area contributed by atoms with E-state index in [9.17, 15) is 0 Å². The Morgan fingerprint density at radius 2 is 0.920 bits per heavy atom. The second kappa shape index (κ2) is 6.97. The molecular formula is C22H17N3. The van der Waals surface area contributed by atoms with Gasteiger partial charge in [-0.2, -0.15) is 0 Å². The minimum atomic E-state index is 0.915. The predicted octanol–water partition coefficient (Wildman–Crippen LogP) is 5.46. The number of rotatable bonds is 1. The lowest BCUT2D eigenvalue weighted by Crippen LogP contribution is -1.83. The lowest BCUT2D eigenvalue weighted by atomic mass is 10.2. The minimum absolute atomic E-state index is 0.915. The molecule has 25 heavy (non-hydrogen) atoms. The van der Waals surface area contributed by atoms with E-state index in [0.29, 0.717) is 0 Å². The number of para-hydroxylation sites is 2. The third-order valence-corrected chi connectivity index (χ3v) is 4.01. The Bertz CT molecular complexity index is 995. The molecule has 120 valence electrons. The van der Waals surface area contributed by atoms with E-state index in [0.717, 1.165) is 11.4 Å². The van der Waals surface area contributed by atoms with Crippen molar-refractivity contribution in [3.05, 3.63) is 97.3 Å². The van der Waals surface area contributed by atoms with Crippen LogP contribution >= 0.6 is 0 Å². The highest BCUT2D eigenvalue weighted by Gasteiger charge is 2.00. The molecule has 1 N–H and O–H groups in total. The lowest BCUT2D eigenvalue weighted by molar-refractivity contribution is 1.25. The zero-order chi connectivity index (χ0) is 16.9. The standard InChI is InChI=1S/C12H9N.C10H8N2/c1-3-7-11-9(5-1)10-6-2-4-8-12(10)13-11;1-3-7-11-9(5-1)10-6-2-4-8-12-10/h1-8,13H;1-8H. The van der Waals surface area contributed by atoms with Crippen LogP contribution in [-0.4, -0.2) is 15.0 Å². The fraction of sp³-hybridized carbons (Fsp3) is 0. The van der Waals surface area contributed by atoms with Gasteiger partial charge in [-0.1, -0.05) is 48.5 Å². The van der Waals surface area contributed by atoms with E-state index in [-0.39, 0.29) is 0 Å². The second-order valence-corrected chi connectivity index (χ2v) is 5.65. The highest BCUT2D eigenvalue weighted by Crippen LogP contribution is 2.24. The number of benzene rings is 2. The summed E-state index contributed by atoms with van der Waals surface area (Å²) in [6, 6.07) is 28.4. The van der Waals surface area contributed by atoms with Gasteiger partial charge in [0.2, 0.25) is 0 Å².